The van der Waals surface area contributed by atoms with Gasteiger partial charge in [-0.1, -0.05) is 38.0 Å². The van der Waals surface area contributed by atoms with Gasteiger partial charge in [0.15, 0.2) is 0 Å². The summed E-state index contributed by atoms with van der Waals surface area (Å²) in [5, 5.41) is 0. The van der Waals surface area contributed by atoms with Gasteiger partial charge in [0.25, 0.3) is 0 Å². The van der Waals surface area contributed by atoms with Crippen LogP contribution >= 0.6 is 0 Å². The monoisotopic (exact) mass is 386 g/mol. The maximum absolute atomic E-state index is 12.7. The van der Waals surface area contributed by atoms with Gasteiger partial charge in [-0.3, -0.25) is 0 Å². The van der Waals surface area contributed by atoms with Crippen molar-refractivity contribution in [2.45, 2.75) is 59.0 Å². The van der Waals surface area contributed by atoms with Crippen LogP contribution in [0.25, 0.3) is 0 Å². The lowest BCUT2D eigenvalue weighted by molar-refractivity contribution is -0.0976. The van der Waals surface area contributed by atoms with Crippen LogP contribution in [-0.4, -0.2) is 20.0 Å². The first kappa shape index (κ1) is 20.7. The summed E-state index contributed by atoms with van der Waals surface area (Å²) >= 11 is 0. The second-order valence-electron chi connectivity index (χ2n) is 7.55. The zero-order valence-electron chi connectivity index (χ0n) is 15.7. The van der Waals surface area contributed by atoms with Crippen molar-refractivity contribution in [2.75, 3.05) is 0 Å². The van der Waals surface area contributed by atoms with E-state index < -0.39 is 22.1 Å². The molecular formula is C19H27FO5S. The first-order valence-corrected chi connectivity index (χ1v) is 10.3. The quantitative estimate of drug-likeness (QED) is 0.524. The number of esters is 1. The molecule has 1 fully saturated rings. The Kier molecular flexibility index (Phi) is 6.32. The summed E-state index contributed by atoms with van der Waals surface area (Å²) in [6, 6.07) is 5.22. The zero-order chi connectivity index (χ0) is 19.5. The number of rotatable bonds is 6. The van der Waals surface area contributed by atoms with Gasteiger partial charge in [0, 0.05) is 5.92 Å². The van der Waals surface area contributed by atoms with Gasteiger partial charge < -0.3 is 8.92 Å². The van der Waals surface area contributed by atoms with Gasteiger partial charge in [0.2, 0.25) is 0 Å². The van der Waals surface area contributed by atoms with Crippen molar-refractivity contribution in [3.8, 4) is 5.75 Å². The van der Waals surface area contributed by atoms with Gasteiger partial charge in [-0.2, -0.15) is 8.42 Å². The number of carbonyl (C=O) groups is 1. The third-order valence-electron chi connectivity index (χ3n) is 5.33. The number of carbonyl (C=O) groups excluding carboxylic acids is 1. The van der Waals surface area contributed by atoms with E-state index >= 15 is 0 Å². The number of benzene rings is 1. The van der Waals surface area contributed by atoms with E-state index in [0.717, 1.165) is 25.7 Å². The van der Waals surface area contributed by atoms with Gasteiger partial charge >= 0.3 is 16.5 Å². The number of hydrogen-bond acceptors (Lipinski definition) is 5. The lowest BCUT2D eigenvalue weighted by atomic mass is 9.66. The summed E-state index contributed by atoms with van der Waals surface area (Å²) in [6.07, 6.45) is 3.74. The molecule has 0 amide bonds. The zero-order valence-corrected chi connectivity index (χ0v) is 16.5. The Bertz CT molecular complexity index is 729. The van der Waals surface area contributed by atoms with Crippen molar-refractivity contribution in [1.29, 1.82) is 0 Å². The van der Waals surface area contributed by atoms with Crippen molar-refractivity contribution in [1.82, 2.24) is 0 Å². The van der Waals surface area contributed by atoms with Gasteiger partial charge in [-0.15, -0.1) is 0 Å². The number of ether oxygens (including phenoxy) is 1. The fourth-order valence-electron chi connectivity index (χ4n) is 4.11. The highest BCUT2D eigenvalue weighted by Crippen LogP contribution is 2.45. The van der Waals surface area contributed by atoms with Crippen LogP contribution in [0.4, 0.5) is 3.89 Å². The van der Waals surface area contributed by atoms with Crippen LogP contribution in [0.3, 0.4) is 0 Å². The van der Waals surface area contributed by atoms with E-state index in [2.05, 4.69) is 25.0 Å². The standard InChI is InChI=1S/C19H27FO5S/c1-5-19(12-14(4)6-11-17(19)13(2)3)24-18(21)15-7-9-16(10-8-15)25-26(20,22)23/h7-10,13-14,17H,5-6,11-12H2,1-4H3. The smallest absolute Gasteiger partial charge is 0.455 e. The van der Waals surface area contributed by atoms with E-state index in [4.69, 9.17) is 4.74 Å². The highest BCUT2D eigenvalue weighted by molar-refractivity contribution is 7.81. The Labute approximate surface area is 155 Å². The molecule has 26 heavy (non-hydrogen) atoms. The second kappa shape index (κ2) is 7.94. The van der Waals surface area contributed by atoms with E-state index in [1.54, 1.807) is 0 Å². The molecule has 1 aromatic rings. The van der Waals surface area contributed by atoms with Crippen molar-refractivity contribution < 1.29 is 26.0 Å². The molecular weight excluding hydrogens is 359 g/mol. The molecule has 1 saturated carbocycles. The summed E-state index contributed by atoms with van der Waals surface area (Å²) in [7, 11) is -5.09. The summed E-state index contributed by atoms with van der Waals surface area (Å²) in [4.78, 5) is 12.7. The van der Waals surface area contributed by atoms with Gasteiger partial charge in [0.1, 0.15) is 11.4 Å². The third-order valence-corrected chi connectivity index (χ3v) is 5.72. The molecule has 0 spiro atoms. The minimum absolute atomic E-state index is 0.194. The fourth-order valence-corrected chi connectivity index (χ4v) is 4.45. The maximum atomic E-state index is 12.7. The van der Waals surface area contributed by atoms with Gasteiger partial charge in [-0.25, -0.2) is 4.79 Å². The molecule has 3 unspecified atom stereocenters. The van der Waals surface area contributed by atoms with E-state index in [1.165, 1.54) is 24.3 Å². The molecule has 0 saturated heterocycles. The Morgan fingerprint density at radius 3 is 2.38 bits per heavy atom. The molecule has 0 aromatic heterocycles. The van der Waals surface area contributed by atoms with Crippen molar-refractivity contribution in [3.05, 3.63) is 29.8 Å². The predicted octanol–water partition coefficient (Wildman–Crippen LogP) is 4.68. The van der Waals surface area contributed by atoms with Gasteiger partial charge in [0.05, 0.1) is 5.56 Å². The Hall–Kier alpha value is -1.63. The number of halogens is 1. The van der Waals surface area contributed by atoms with Gasteiger partial charge in [-0.05, 0) is 55.4 Å². The second-order valence-corrected chi connectivity index (χ2v) is 8.50. The lowest BCUT2D eigenvalue weighted by Crippen LogP contribution is -2.48. The van der Waals surface area contributed by atoms with E-state index in [9.17, 15) is 17.1 Å². The molecule has 1 aliphatic carbocycles. The summed E-state index contributed by atoms with van der Waals surface area (Å²) in [5.74, 6) is 0.540. The van der Waals surface area contributed by atoms with Crippen LogP contribution < -0.4 is 4.18 Å². The molecule has 5 nitrogen and oxygen atoms in total. The molecule has 2 rings (SSSR count). The average Bonchev–Trinajstić information content (AvgIpc) is 2.53. The highest BCUT2D eigenvalue weighted by Gasteiger charge is 2.46. The Morgan fingerprint density at radius 1 is 1.27 bits per heavy atom. The molecule has 146 valence electrons. The molecule has 3 atom stereocenters. The minimum Gasteiger partial charge on any atom is -0.455 e. The molecule has 0 radical (unpaired) electrons. The molecule has 0 N–H and O–H groups in total. The Balaban J connectivity index is 2.20. The SMILES string of the molecule is CCC1(OC(=O)c2ccc(OS(=O)(=O)F)cc2)CC(C)CCC1C(C)C. The van der Waals surface area contributed by atoms with Crippen molar-refractivity contribution >= 4 is 16.5 Å². The summed E-state index contributed by atoms with van der Waals surface area (Å²) < 4.78 is 43.7. The Morgan fingerprint density at radius 2 is 1.88 bits per heavy atom. The highest BCUT2D eigenvalue weighted by atomic mass is 32.3. The summed E-state index contributed by atoms with van der Waals surface area (Å²) in [5.41, 5.74) is -0.220. The average molecular weight is 386 g/mol. The largest absolute Gasteiger partial charge is 0.488 e. The number of hydrogen-bond donors (Lipinski definition) is 0. The lowest BCUT2D eigenvalue weighted by Gasteiger charge is -2.47. The van der Waals surface area contributed by atoms with Crippen LogP contribution in [0.15, 0.2) is 24.3 Å². The van der Waals surface area contributed by atoms with Crippen LogP contribution in [0.2, 0.25) is 0 Å². The maximum Gasteiger partial charge on any atom is 0.488 e. The molecule has 7 heteroatoms. The molecule has 0 aliphatic heterocycles. The van der Waals surface area contributed by atoms with Crippen LogP contribution in [0.1, 0.15) is 63.7 Å². The van der Waals surface area contributed by atoms with Crippen molar-refractivity contribution in [2.24, 2.45) is 17.8 Å². The van der Waals surface area contributed by atoms with Crippen LogP contribution in [0, 0.1) is 17.8 Å². The predicted molar refractivity (Wildman–Crippen MR) is 96.9 cm³/mol. The first-order valence-electron chi connectivity index (χ1n) is 9.04. The van der Waals surface area contributed by atoms with Crippen LogP contribution in [0.5, 0.6) is 5.75 Å². The van der Waals surface area contributed by atoms with E-state index in [1.807, 2.05) is 6.92 Å². The first-order chi connectivity index (χ1) is 12.1. The molecule has 1 aliphatic rings. The van der Waals surface area contributed by atoms with Crippen LogP contribution in [-0.2, 0) is 15.2 Å². The molecule has 1 aromatic carbocycles. The third kappa shape index (κ3) is 4.96. The van der Waals surface area contributed by atoms with E-state index in [0.29, 0.717) is 17.8 Å². The normalized spacial score (nSPS) is 26.5. The molecule has 0 bridgehead atoms. The summed E-state index contributed by atoms with van der Waals surface area (Å²) in [6.45, 7) is 8.53. The fraction of sp³-hybridized carbons (Fsp3) is 0.632. The molecule has 0 heterocycles. The topological polar surface area (TPSA) is 69.7 Å². The van der Waals surface area contributed by atoms with E-state index in [-0.39, 0.29) is 11.3 Å². The minimum atomic E-state index is -5.09. The van der Waals surface area contributed by atoms with Crippen molar-refractivity contribution in [3.63, 3.8) is 0 Å².